The van der Waals surface area contributed by atoms with Gasteiger partial charge in [-0.25, -0.2) is 4.98 Å². The highest BCUT2D eigenvalue weighted by Crippen LogP contribution is 2.20. The van der Waals surface area contributed by atoms with Crippen LogP contribution in [0.4, 0.5) is 0 Å². The van der Waals surface area contributed by atoms with E-state index in [1.807, 2.05) is 6.08 Å². The van der Waals surface area contributed by atoms with Crippen LogP contribution in [0.2, 0.25) is 0 Å². The van der Waals surface area contributed by atoms with Crippen LogP contribution in [-0.2, 0) is 17.8 Å². The van der Waals surface area contributed by atoms with Gasteiger partial charge in [0.1, 0.15) is 5.82 Å². The van der Waals surface area contributed by atoms with Gasteiger partial charge in [0.25, 0.3) is 11.5 Å². The minimum Gasteiger partial charge on any atom is -0.296 e. The monoisotopic (exact) mass is 352 g/mol. The Balaban J connectivity index is 1.47. The van der Waals surface area contributed by atoms with E-state index in [1.54, 1.807) is 22.8 Å². The Kier molecular flexibility index (Phi) is 4.28. The topological polar surface area (TPSA) is 93.1 Å². The SMILES string of the molecule is O=C(C[C@H]1C=CCC1)NNC(=O)c1ccc2c(=O)n3c(nc2c1)CCC3. The molecule has 2 heterocycles. The van der Waals surface area contributed by atoms with Crippen LogP contribution in [-0.4, -0.2) is 21.4 Å². The van der Waals surface area contributed by atoms with Gasteiger partial charge in [-0.2, -0.15) is 0 Å². The van der Waals surface area contributed by atoms with E-state index in [9.17, 15) is 14.4 Å². The zero-order chi connectivity index (χ0) is 18.1. The summed E-state index contributed by atoms with van der Waals surface area (Å²) in [4.78, 5) is 41.2. The molecule has 1 aliphatic carbocycles. The van der Waals surface area contributed by atoms with Crippen LogP contribution in [0.3, 0.4) is 0 Å². The molecule has 134 valence electrons. The third kappa shape index (κ3) is 3.12. The number of carbonyl (C=O) groups is 2. The fraction of sp³-hybridized carbons (Fsp3) is 0.368. The number of hydrogen-bond acceptors (Lipinski definition) is 4. The number of aryl methyl sites for hydroxylation is 1. The lowest BCUT2D eigenvalue weighted by Gasteiger charge is -2.10. The van der Waals surface area contributed by atoms with Crippen LogP contribution in [0.25, 0.3) is 10.9 Å². The summed E-state index contributed by atoms with van der Waals surface area (Å²) in [7, 11) is 0. The molecule has 4 rings (SSSR count). The minimum atomic E-state index is -0.426. The summed E-state index contributed by atoms with van der Waals surface area (Å²) in [5, 5.41) is 0.504. The van der Waals surface area contributed by atoms with Gasteiger partial charge in [0.05, 0.1) is 10.9 Å². The summed E-state index contributed by atoms with van der Waals surface area (Å²) in [6.07, 6.45) is 8.11. The van der Waals surface area contributed by atoms with E-state index in [2.05, 4.69) is 21.9 Å². The number of amides is 2. The van der Waals surface area contributed by atoms with Crippen LogP contribution in [0.1, 0.15) is 41.9 Å². The van der Waals surface area contributed by atoms with Crippen LogP contribution in [0.5, 0.6) is 0 Å². The van der Waals surface area contributed by atoms with Crippen molar-refractivity contribution in [3.05, 3.63) is 52.1 Å². The number of hydrazine groups is 1. The predicted molar refractivity (Wildman–Crippen MR) is 96.4 cm³/mol. The van der Waals surface area contributed by atoms with E-state index >= 15 is 0 Å². The number of nitrogens with one attached hydrogen (secondary N) is 2. The van der Waals surface area contributed by atoms with Gasteiger partial charge < -0.3 is 0 Å². The summed E-state index contributed by atoms with van der Waals surface area (Å²) in [5.74, 6) is 0.360. The van der Waals surface area contributed by atoms with Gasteiger partial charge >= 0.3 is 0 Å². The summed E-state index contributed by atoms with van der Waals surface area (Å²) in [5.41, 5.74) is 5.69. The standard InChI is InChI=1S/C19H20N4O3/c24-17(10-12-4-1-2-5-12)21-22-18(25)13-7-8-14-15(11-13)20-16-6-3-9-23(16)19(14)26/h1,4,7-8,11-12H,2-3,5-6,9-10H2,(H,21,24)(H,22,25)/t12-/m0/s1. The Labute approximate surface area is 150 Å². The maximum atomic E-state index is 12.4. The van der Waals surface area contributed by atoms with Crippen LogP contribution in [0, 0.1) is 5.92 Å². The smallest absolute Gasteiger partial charge is 0.269 e. The number of benzene rings is 1. The second-order valence-electron chi connectivity index (χ2n) is 6.79. The molecule has 26 heavy (non-hydrogen) atoms. The fourth-order valence-electron chi connectivity index (χ4n) is 3.58. The van der Waals surface area contributed by atoms with E-state index in [-0.39, 0.29) is 17.4 Å². The van der Waals surface area contributed by atoms with Crippen molar-refractivity contribution in [1.82, 2.24) is 20.4 Å². The highest BCUT2D eigenvalue weighted by atomic mass is 16.2. The molecule has 1 aromatic heterocycles. The van der Waals surface area contributed by atoms with Crippen molar-refractivity contribution in [3.63, 3.8) is 0 Å². The molecule has 2 N–H and O–H groups in total. The van der Waals surface area contributed by atoms with Crippen LogP contribution in [0.15, 0.2) is 35.1 Å². The lowest BCUT2D eigenvalue weighted by molar-refractivity contribution is -0.122. The first-order valence-electron chi connectivity index (χ1n) is 8.91. The zero-order valence-corrected chi connectivity index (χ0v) is 14.3. The average Bonchev–Trinajstić information content (AvgIpc) is 3.31. The third-order valence-corrected chi connectivity index (χ3v) is 4.95. The average molecular weight is 352 g/mol. The van der Waals surface area contributed by atoms with Gasteiger partial charge in [0.2, 0.25) is 5.91 Å². The third-order valence-electron chi connectivity index (χ3n) is 4.95. The molecular weight excluding hydrogens is 332 g/mol. The number of aromatic nitrogens is 2. The largest absolute Gasteiger partial charge is 0.296 e. The number of allylic oxidation sites excluding steroid dienone is 2. The zero-order valence-electron chi connectivity index (χ0n) is 14.3. The van der Waals surface area contributed by atoms with Gasteiger partial charge in [-0.1, -0.05) is 12.2 Å². The van der Waals surface area contributed by atoms with E-state index in [1.165, 1.54) is 0 Å². The predicted octanol–water partition coefficient (Wildman–Crippen LogP) is 1.46. The minimum absolute atomic E-state index is 0.0626. The first-order valence-corrected chi connectivity index (χ1v) is 8.91. The van der Waals surface area contributed by atoms with Gasteiger partial charge in [-0.15, -0.1) is 0 Å². The van der Waals surface area contributed by atoms with Crippen LogP contribution < -0.4 is 16.4 Å². The van der Waals surface area contributed by atoms with E-state index < -0.39 is 5.91 Å². The fourth-order valence-corrected chi connectivity index (χ4v) is 3.58. The number of rotatable bonds is 3. The van der Waals surface area contributed by atoms with E-state index in [4.69, 9.17) is 0 Å². The molecule has 0 bridgehead atoms. The van der Waals surface area contributed by atoms with Crippen molar-refractivity contribution in [2.45, 2.75) is 38.6 Å². The molecule has 2 amide bonds. The molecule has 1 aliphatic heterocycles. The Morgan fingerprint density at radius 2 is 2.15 bits per heavy atom. The number of carbonyl (C=O) groups excluding carboxylic acids is 2. The lowest BCUT2D eigenvalue weighted by atomic mass is 10.1. The molecule has 7 nitrogen and oxygen atoms in total. The first kappa shape index (κ1) is 16.5. The molecular formula is C19H20N4O3. The van der Waals surface area contributed by atoms with E-state index in [0.717, 1.165) is 31.5 Å². The molecule has 1 atom stereocenters. The second kappa shape index (κ2) is 6.74. The summed E-state index contributed by atoms with van der Waals surface area (Å²) >= 11 is 0. The maximum absolute atomic E-state index is 12.4. The highest BCUT2D eigenvalue weighted by Gasteiger charge is 2.18. The molecule has 0 fully saturated rings. The normalized spacial score (nSPS) is 18.1. The Hall–Kier alpha value is -2.96. The molecule has 0 unspecified atom stereocenters. The maximum Gasteiger partial charge on any atom is 0.269 e. The molecule has 0 radical (unpaired) electrons. The van der Waals surface area contributed by atoms with Gasteiger partial charge in [-0.05, 0) is 43.4 Å². The Morgan fingerprint density at radius 3 is 2.96 bits per heavy atom. The molecule has 2 aromatic rings. The van der Waals surface area contributed by atoms with Gasteiger partial charge in [0, 0.05) is 24.9 Å². The molecule has 7 heteroatoms. The molecule has 0 saturated heterocycles. The van der Waals surface area contributed by atoms with Crippen LogP contribution >= 0.6 is 0 Å². The molecule has 1 aromatic carbocycles. The summed E-state index contributed by atoms with van der Waals surface area (Å²) in [6.45, 7) is 0.696. The molecule has 2 aliphatic rings. The summed E-state index contributed by atoms with van der Waals surface area (Å²) < 4.78 is 1.69. The molecule has 0 saturated carbocycles. The van der Waals surface area contributed by atoms with Gasteiger partial charge in [0.15, 0.2) is 0 Å². The first-order chi connectivity index (χ1) is 12.6. The van der Waals surface area contributed by atoms with Crippen molar-refractivity contribution >= 4 is 22.7 Å². The van der Waals surface area contributed by atoms with Crippen molar-refractivity contribution in [1.29, 1.82) is 0 Å². The Bertz CT molecular complexity index is 977. The quantitative estimate of drug-likeness (QED) is 0.646. The summed E-state index contributed by atoms with van der Waals surface area (Å²) in [6, 6.07) is 4.79. The van der Waals surface area contributed by atoms with E-state index in [0.29, 0.717) is 29.4 Å². The number of nitrogens with zero attached hydrogens (tertiary/aromatic N) is 2. The van der Waals surface area contributed by atoms with Crippen molar-refractivity contribution in [3.8, 4) is 0 Å². The Morgan fingerprint density at radius 1 is 1.27 bits per heavy atom. The van der Waals surface area contributed by atoms with Crippen molar-refractivity contribution < 1.29 is 9.59 Å². The number of fused-ring (bicyclic) bond motifs is 2. The molecule has 0 spiro atoms. The van der Waals surface area contributed by atoms with Crippen molar-refractivity contribution in [2.75, 3.05) is 0 Å². The second-order valence-corrected chi connectivity index (χ2v) is 6.79. The van der Waals surface area contributed by atoms with Gasteiger partial charge in [-0.3, -0.25) is 29.8 Å². The van der Waals surface area contributed by atoms with Crippen molar-refractivity contribution in [2.24, 2.45) is 5.92 Å². The highest BCUT2D eigenvalue weighted by molar-refractivity contribution is 5.98. The number of hydrogen-bond donors (Lipinski definition) is 2. The lowest BCUT2D eigenvalue weighted by Crippen LogP contribution is -2.42.